The van der Waals surface area contributed by atoms with Gasteiger partial charge in [0.2, 0.25) is 0 Å². The minimum absolute atomic E-state index is 0.206. The van der Waals surface area contributed by atoms with Gasteiger partial charge in [-0.2, -0.15) is 13.2 Å². The highest BCUT2D eigenvalue weighted by atomic mass is 19.4. The van der Waals surface area contributed by atoms with Crippen molar-refractivity contribution in [2.75, 3.05) is 0 Å². The number of hydrogen-bond donors (Lipinski definition) is 1. The van der Waals surface area contributed by atoms with Crippen molar-refractivity contribution < 1.29 is 17.6 Å². The summed E-state index contributed by atoms with van der Waals surface area (Å²) in [6.07, 6.45) is -1.85. The molecule has 0 amide bonds. The number of hydrogen-bond acceptors (Lipinski definition) is 2. The molecule has 0 aliphatic rings. The molecule has 6 heteroatoms. The number of aromatic nitrogens is 1. The van der Waals surface area contributed by atoms with Crippen LogP contribution in [0.4, 0.5) is 17.6 Å². The summed E-state index contributed by atoms with van der Waals surface area (Å²) in [5, 5.41) is 0. The van der Waals surface area contributed by atoms with Gasteiger partial charge >= 0.3 is 6.18 Å². The number of halogens is 4. The molecule has 100 valence electrons. The Hall–Kier alpha value is -1.95. The van der Waals surface area contributed by atoms with Crippen LogP contribution in [-0.2, 0) is 6.18 Å². The Morgan fingerprint density at radius 2 is 1.84 bits per heavy atom. The molecule has 19 heavy (non-hydrogen) atoms. The molecule has 2 aromatic rings. The smallest absolute Gasteiger partial charge is 0.320 e. The molecule has 0 saturated heterocycles. The van der Waals surface area contributed by atoms with E-state index in [1.165, 1.54) is 18.5 Å². The molecule has 0 fully saturated rings. The molecule has 2 nitrogen and oxygen atoms in total. The van der Waals surface area contributed by atoms with Crippen molar-refractivity contribution >= 4 is 0 Å². The Morgan fingerprint density at radius 1 is 1.11 bits per heavy atom. The molecule has 1 aromatic carbocycles. The van der Waals surface area contributed by atoms with Gasteiger partial charge in [-0.25, -0.2) is 4.39 Å². The highest BCUT2D eigenvalue weighted by molar-refractivity contribution is 5.35. The predicted molar refractivity (Wildman–Crippen MR) is 61.7 cm³/mol. The molecule has 0 radical (unpaired) electrons. The molecule has 0 aliphatic heterocycles. The average Bonchev–Trinajstić information content (AvgIpc) is 2.38. The highest BCUT2D eigenvalue weighted by Gasteiger charge is 2.35. The summed E-state index contributed by atoms with van der Waals surface area (Å²) >= 11 is 0. The van der Waals surface area contributed by atoms with Crippen LogP contribution in [0, 0.1) is 5.82 Å². The van der Waals surface area contributed by atoms with Crippen molar-refractivity contribution in [3.8, 4) is 0 Å². The Balaban J connectivity index is 2.47. The molecule has 0 aliphatic carbocycles. The maximum absolute atomic E-state index is 13.9. The van der Waals surface area contributed by atoms with Gasteiger partial charge < -0.3 is 5.73 Å². The number of nitrogens with two attached hydrogens (primary N) is 1. The molecule has 1 unspecified atom stereocenters. The van der Waals surface area contributed by atoms with E-state index >= 15 is 0 Å². The van der Waals surface area contributed by atoms with Crippen molar-refractivity contribution in [1.29, 1.82) is 0 Å². The average molecular weight is 270 g/mol. The number of alkyl halides is 3. The first-order chi connectivity index (χ1) is 8.91. The third-order valence-electron chi connectivity index (χ3n) is 2.71. The third-order valence-corrected chi connectivity index (χ3v) is 2.71. The second kappa shape index (κ2) is 4.97. The van der Waals surface area contributed by atoms with E-state index in [4.69, 9.17) is 5.73 Å². The molecule has 0 spiro atoms. The molecule has 1 atom stereocenters. The van der Waals surface area contributed by atoms with Gasteiger partial charge in [-0.15, -0.1) is 0 Å². The first-order valence-corrected chi connectivity index (χ1v) is 5.42. The summed E-state index contributed by atoms with van der Waals surface area (Å²) in [5.41, 5.74) is 4.71. The monoisotopic (exact) mass is 270 g/mol. The maximum Gasteiger partial charge on any atom is 0.419 e. The second-order valence-electron chi connectivity index (χ2n) is 3.97. The van der Waals surface area contributed by atoms with Crippen molar-refractivity contribution in [3.63, 3.8) is 0 Å². The highest BCUT2D eigenvalue weighted by Crippen LogP contribution is 2.34. The summed E-state index contributed by atoms with van der Waals surface area (Å²) in [7, 11) is 0. The van der Waals surface area contributed by atoms with Crippen molar-refractivity contribution in [1.82, 2.24) is 4.98 Å². The lowest BCUT2D eigenvalue weighted by molar-refractivity contribution is -0.140. The number of pyridine rings is 1. The first-order valence-electron chi connectivity index (χ1n) is 5.42. The molecule has 2 N–H and O–H groups in total. The second-order valence-corrected chi connectivity index (χ2v) is 3.97. The maximum atomic E-state index is 13.9. The van der Waals surface area contributed by atoms with Gasteiger partial charge in [-0.05, 0) is 17.7 Å². The van der Waals surface area contributed by atoms with Gasteiger partial charge in [-0.1, -0.05) is 18.2 Å². The Bertz CT molecular complexity index is 567. The number of rotatable bonds is 2. The van der Waals surface area contributed by atoms with Crippen LogP contribution in [-0.4, -0.2) is 4.98 Å². The van der Waals surface area contributed by atoms with Gasteiger partial charge in [0.15, 0.2) is 0 Å². The topological polar surface area (TPSA) is 38.9 Å². The molecule has 2 rings (SSSR count). The number of nitrogens with zero attached hydrogens (tertiary/aromatic N) is 1. The minimum atomic E-state index is -4.74. The lowest BCUT2D eigenvalue weighted by Crippen LogP contribution is -2.17. The van der Waals surface area contributed by atoms with Crippen molar-refractivity contribution in [3.05, 3.63) is 65.2 Å². The molecule has 0 saturated carbocycles. The van der Waals surface area contributed by atoms with E-state index in [-0.39, 0.29) is 5.56 Å². The Labute approximate surface area is 106 Å². The fraction of sp³-hybridized carbons (Fsp3) is 0.154. The van der Waals surface area contributed by atoms with Gasteiger partial charge in [0.05, 0.1) is 11.6 Å². The lowest BCUT2D eigenvalue weighted by atomic mass is 9.98. The third kappa shape index (κ3) is 2.73. The zero-order valence-electron chi connectivity index (χ0n) is 9.66. The van der Waals surface area contributed by atoms with E-state index in [0.29, 0.717) is 11.6 Å². The van der Waals surface area contributed by atoms with Crippen LogP contribution in [0.5, 0.6) is 0 Å². The van der Waals surface area contributed by atoms with Crippen molar-refractivity contribution in [2.24, 2.45) is 5.73 Å². The van der Waals surface area contributed by atoms with E-state index < -0.39 is 23.6 Å². The van der Waals surface area contributed by atoms with Crippen LogP contribution in [0.15, 0.2) is 42.7 Å². The van der Waals surface area contributed by atoms with Crippen LogP contribution < -0.4 is 5.73 Å². The minimum Gasteiger partial charge on any atom is -0.320 e. The SMILES string of the molecule is NC(c1cccnc1)c1cccc(C(F)(F)F)c1F. The van der Waals surface area contributed by atoms with Crippen LogP contribution in [0.1, 0.15) is 22.7 Å². The van der Waals surface area contributed by atoms with Crippen LogP contribution in [0.25, 0.3) is 0 Å². The summed E-state index contributed by atoms with van der Waals surface area (Å²) in [4.78, 5) is 3.81. The molecular weight excluding hydrogens is 260 g/mol. The molecule has 1 heterocycles. The van der Waals surface area contributed by atoms with Gasteiger partial charge in [-0.3, -0.25) is 4.98 Å². The van der Waals surface area contributed by atoms with Gasteiger partial charge in [0, 0.05) is 18.0 Å². The Morgan fingerprint density at radius 3 is 2.42 bits per heavy atom. The van der Waals surface area contributed by atoms with E-state index in [1.807, 2.05) is 0 Å². The standard InChI is InChI=1S/C13H10F4N2/c14-11-9(4-1-5-10(11)13(15,16)17)12(18)8-3-2-6-19-7-8/h1-7,12H,18H2. The van der Waals surface area contributed by atoms with E-state index in [2.05, 4.69) is 4.98 Å². The van der Waals surface area contributed by atoms with Crippen LogP contribution in [0.3, 0.4) is 0 Å². The summed E-state index contributed by atoms with van der Waals surface area (Å²) < 4.78 is 51.7. The van der Waals surface area contributed by atoms with Crippen LogP contribution >= 0.6 is 0 Å². The number of benzene rings is 1. The zero-order chi connectivity index (χ0) is 14.0. The molecule has 0 bridgehead atoms. The quantitative estimate of drug-likeness (QED) is 0.850. The van der Waals surface area contributed by atoms with Crippen LogP contribution in [0.2, 0.25) is 0 Å². The van der Waals surface area contributed by atoms with Crippen molar-refractivity contribution in [2.45, 2.75) is 12.2 Å². The first kappa shape index (κ1) is 13.5. The summed E-state index contributed by atoms with van der Waals surface area (Å²) in [5.74, 6) is -1.34. The summed E-state index contributed by atoms with van der Waals surface area (Å²) in [6.45, 7) is 0. The Kier molecular flexibility index (Phi) is 3.53. The predicted octanol–water partition coefficient (Wildman–Crippen LogP) is 3.29. The fourth-order valence-corrected chi connectivity index (χ4v) is 1.75. The van der Waals surface area contributed by atoms with E-state index in [0.717, 1.165) is 6.07 Å². The fourth-order valence-electron chi connectivity index (χ4n) is 1.75. The van der Waals surface area contributed by atoms with Gasteiger partial charge in [0.1, 0.15) is 5.82 Å². The summed E-state index contributed by atoms with van der Waals surface area (Å²) in [6, 6.07) is 5.24. The zero-order valence-corrected chi connectivity index (χ0v) is 9.66. The molecular formula is C13H10F4N2. The lowest BCUT2D eigenvalue weighted by Gasteiger charge is -2.16. The largest absolute Gasteiger partial charge is 0.419 e. The van der Waals surface area contributed by atoms with Gasteiger partial charge in [0.25, 0.3) is 0 Å². The van der Waals surface area contributed by atoms with E-state index in [9.17, 15) is 17.6 Å². The van der Waals surface area contributed by atoms with E-state index in [1.54, 1.807) is 12.1 Å². The normalized spacial score (nSPS) is 13.3. The molecule has 1 aromatic heterocycles.